The van der Waals surface area contributed by atoms with Gasteiger partial charge in [-0.2, -0.15) is 0 Å². The number of aromatic nitrogens is 1. The first kappa shape index (κ1) is 23.0. The number of ether oxygens (including phenoxy) is 3. The molecule has 0 aliphatic rings. The highest BCUT2D eigenvalue weighted by Gasteiger charge is 2.20. The summed E-state index contributed by atoms with van der Waals surface area (Å²) >= 11 is 0. The van der Waals surface area contributed by atoms with Gasteiger partial charge in [0.2, 0.25) is 5.75 Å². The number of aliphatic hydroxyl groups is 1. The Labute approximate surface area is 175 Å². The molecule has 2 rings (SSSR count). The molecular formula is C24H35NO4. The molecule has 1 heterocycles. The Hall–Kier alpha value is -2.27. The van der Waals surface area contributed by atoms with Crippen LogP contribution in [0, 0.1) is 6.92 Å². The number of benzene rings is 1. The van der Waals surface area contributed by atoms with Gasteiger partial charge in [-0.05, 0) is 31.7 Å². The van der Waals surface area contributed by atoms with Gasteiger partial charge < -0.3 is 19.3 Å². The summed E-state index contributed by atoms with van der Waals surface area (Å²) in [7, 11) is 3.22. The summed E-state index contributed by atoms with van der Waals surface area (Å²) in [6, 6.07) is 10.1. The standard InChI is InChI=1S/C24H35NO4/c1-19-21(16-12-7-5-4-6-8-13-17-26)25-24(28-3)23(27-2)22(19)29-18-20-14-10-9-11-15-20/h9-11,14-15,26H,4-8,12-13,16-18H2,1-3H3. The van der Waals surface area contributed by atoms with Crippen molar-refractivity contribution < 1.29 is 19.3 Å². The maximum Gasteiger partial charge on any atom is 0.261 e. The lowest BCUT2D eigenvalue weighted by Crippen LogP contribution is -2.06. The zero-order valence-corrected chi connectivity index (χ0v) is 18.1. The number of hydrogen-bond acceptors (Lipinski definition) is 5. The second-order valence-electron chi connectivity index (χ2n) is 7.28. The number of nitrogens with zero attached hydrogens (tertiary/aromatic N) is 1. The Morgan fingerprint density at radius 3 is 2.10 bits per heavy atom. The zero-order valence-electron chi connectivity index (χ0n) is 18.1. The summed E-state index contributed by atoms with van der Waals surface area (Å²) in [5.41, 5.74) is 3.12. The van der Waals surface area contributed by atoms with E-state index in [2.05, 4.69) is 4.98 Å². The highest BCUT2D eigenvalue weighted by atomic mass is 16.5. The molecule has 1 aromatic heterocycles. The van der Waals surface area contributed by atoms with Crippen LogP contribution in [0.5, 0.6) is 17.4 Å². The first-order valence-electron chi connectivity index (χ1n) is 10.6. The Balaban J connectivity index is 2.00. The Bertz CT molecular complexity index is 719. The van der Waals surface area contributed by atoms with Crippen molar-refractivity contribution >= 4 is 0 Å². The minimum absolute atomic E-state index is 0.304. The van der Waals surface area contributed by atoms with Crippen molar-refractivity contribution in [3.8, 4) is 17.4 Å². The van der Waals surface area contributed by atoms with Crippen molar-refractivity contribution in [1.82, 2.24) is 4.98 Å². The molecule has 0 saturated heterocycles. The lowest BCUT2D eigenvalue weighted by Gasteiger charge is -2.18. The number of aliphatic hydroxyl groups excluding tert-OH is 1. The Morgan fingerprint density at radius 1 is 0.828 bits per heavy atom. The number of methoxy groups -OCH3 is 2. The van der Waals surface area contributed by atoms with E-state index in [4.69, 9.17) is 19.3 Å². The SMILES string of the molecule is COc1nc(CCCCCCCCCO)c(C)c(OCc2ccccc2)c1OC. The van der Waals surface area contributed by atoms with Crippen LogP contribution in [0.2, 0.25) is 0 Å². The molecule has 1 N–H and O–H groups in total. The zero-order chi connectivity index (χ0) is 20.9. The van der Waals surface area contributed by atoms with Crippen LogP contribution < -0.4 is 14.2 Å². The van der Waals surface area contributed by atoms with Crippen LogP contribution in [-0.2, 0) is 13.0 Å². The molecule has 0 fully saturated rings. The van der Waals surface area contributed by atoms with Crippen LogP contribution in [0.4, 0.5) is 0 Å². The van der Waals surface area contributed by atoms with Crippen molar-refractivity contribution in [2.24, 2.45) is 0 Å². The molecule has 0 bridgehead atoms. The summed E-state index contributed by atoms with van der Waals surface area (Å²) in [4.78, 5) is 4.68. The van der Waals surface area contributed by atoms with E-state index >= 15 is 0 Å². The van der Waals surface area contributed by atoms with Gasteiger partial charge in [-0.3, -0.25) is 0 Å². The topological polar surface area (TPSA) is 60.8 Å². The molecule has 2 aromatic rings. The summed E-state index contributed by atoms with van der Waals surface area (Å²) < 4.78 is 17.2. The molecule has 0 aliphatic heterocycles. The van der Waals surface area contributed by atoms with Gasteiger partial charge in [0.1, 0.15) is 6.61 Å². The quantitative estimate of drug-likeness (QED) is 0.438. The molecule has 160 valence electrons. The minimum atomic E-state index is 0.304. The van der Waals surface area contributed by atoms with Crippen molar-refractivity contribution in [1.29, 1.82) is 0 Å². The first-order valence-corrected chi connectivity index (χ1v) is 10.6. The molecule has 0 unspecified atom stereocenters. The number of pyridine rings is 1. The number of unbranched alkanes of at least 4 members (excludes halogenated alkanes) is 6. The minimum Gasteiger partial charge on any atom is -0.489 e. The lowest BCUT2D eigenvalue weighted by molar-refractivity contribution is 0.269. The van der Waals surface area contributed by atoms with E-state index in [9.17, 15) is 0 Å². The van der Waals surface area contributed by atoms with Gasteiger partial charge in [0.05, 0.1) is 19.9 Å². The van der Waals surface area contributed by atoms with Gasteiger partial charge in [-0.1, -0.05) is 62.4 Å². The van der Waals surface area contributed by atoms with Crippen LogP contribution >= 0.6 is 0 Å². The largest absolute Gasteiger partial charge is 0.489 e. The van der Waals surface area contributed by atoms with Crippen molar-refractivity contribution in [3.05, 3.63) is 47.2 Å². The summed E-state index contributed by atoms with van der Waals surface area (Å²) in [5.74, 6) is 1.73. The molecular weight excluding hydrogens is 366 g/mol. The van der Waals surface area contributed by atoms with E-state index in [1.807, 2.05) is 37.3 Å². The number of hydrogen-bond donors (Lipinski definition) is 1. The molecule has 0 atom stereocenters. The van der Waals surface area contributed by atoms with Crippen LogP contribution in [0.3, 0.4) is 0 Å². The second kappa shape index (κ2) is 13.0. The fourth-order valence-corrected chi connectivity index (χ4v) is 3.41. The Kier molecular flexibility index (Phi) is 10.4. The van der Waals surface area contributed by atoms with Gasteiger partial charge in [0, 0.05) is 12.2 Å². The molecule has 1 aromatic carbocycles. The van der Waals surface area contributed by atoms with Crippen molar-refractivity contribution in [2.75, 3.05) is 20.8 Å². The van der Waals surface area contributed by atoms with E-state index < -0.39 is 0 Å². The highest BCUT2D eigenvalue weighted by Crippen LogP contribution is 2.40. The summed E-state index contributed by atoms with van der Waals surface area (Å²) in [5, 5.41) is 8.83. The van der Waals surface area contributed by atoms with Crippen molar-refractivity contribution in [3.63, 3.8) is 0 Å². The third-order valence-corrected chi connectivity index (χ3v) is 5.11. The molecule has 0 aliphatic carbocycles. The van der Waals surface area contributed by atoms with Crippen LogP contribution in [0.1, 0.15) is 61.8 Å². The monoisotopic (exact) mass is 401 g/mol. The van der Waals surface area contributed by atoms with Crippen LogP contribution in [0.15, 0.2) is 30.3 Å². The molecule has 5 nitrogen and oxygen atoms in total. The molecule has 5 heteroatoms. The van der Waals surface area contributed by atoms with Crippen LogP contribution in [-0.4, -0.2) is 30.9 Å². The van der Waals surface area contributed by atoms with E-state index in [0.29, 0.717) is 30.6 Å². The van der Waals surface area contributed by atoms with Crippen LogP contribution in [0.25, 0.3) is 0 Å². The van der Waals surface area contributed by atoms with Gasteiger partial charge in [0.25, 0.3) is 5.88 Å². The third-order valence-electron chi connectivity index (χ3n) is 5.11. The number of aryl methyl sites for hydroxylation is 1. The molecule has 0 radical (unpaired) electrons. The number of rotatable bonds is 14. The predicted octanol–water partition coefficient (Wildman–Crippen LogP) is 5.25. The average molecular weight is 402 g/mol. The second-order valence-corrected chi connectivity index (χ2v) is 7.28. The van der Waals surface area contributed by atoms with Crippen molar-refractivity contribution in [2.45, 2.75) is 64.9 Å². The molecule has 0 spiro atoms. The van der Waals surface area contributed by atoms with Gasteiger partial charge >= 0.3 is 0 Å². The van der Waals surface area contributed by atoms with Gasteiger partial charge in [0.15, 0.2) is 5.75 Å². The van der Waals surface area contributed by atoms with E-state index in [1.54, 1.807) is 14.2 Å². The Morgan fingerprint density at radius 2 is 1.48 bits per heavy atom. The maximum atomic E-state index is 8.83. The molecule has 0 saturated carbocycles. The van der Waals surface area contributed by atoms with Gasteiger partial charge in [-0.15, -0.1) is 0 Å². The fourth-order valence-electron chi connectivity index (χ4n) is 3.41. The summed E-state index contributed by atoms with van der Waals surface area (Å²) in [6.45, 7) is 2.82. The van der Waals surface area contributed by atoms with E-state index in [0.717, 1.165) is 42.5 Å². The molecule has 0 amide bonds. The highest BCUT2D eigenvalue weighted by molar-refractivity contribution is 5.54. The average Bonchev–Trinajstić information content (AvgIpc) is 2.76. The normalized spacial score (nSPS) is 10.8. The fraction of sp³-hybridized carbons (Fsp3) is 0.542. The summed E-state index contributed by atoms with van der Waals surface area (Å²) in [6.07, 6.45) is 8.83. The first-order chi connectivity index (χ1) is 14.2. The predicted molar refractivity (Wildman–Crippen MR) is 116 cm³/mol. The van der Waals surface area contributed by atoms with Gasteiger partial charge in [-0.25, -0.2) is 4.98 Å². The van der Waals surface area contributed by atoms with E-state index in [-0.39, 0.29) is 0 Å². The van der Waals surface area contributed by atoms with E-state index in [1.165, 1.54) is 25.7 Å². The lowest BCUT2D eigenvalue weighted by atomic mass is 10.0. The third kappa shape index (κ3) is 7.24. The maximum absolute atomic E-state index is 8.83. The molecule has 29 heavy (non-hydrogen) atoms. The smallest absolute Gasteiger partial charge is 0.261 e.